The number of hydrogen-bond donors (Lipinski definition) is 1. The molecule has 0 aliphatic carbocycles. The zero-order valence-electron chi connectivity index (χ0n) is 8.41. The van der Waals surface area contributed by atoms with E-state index in [0.717, 1.165) is 19.4 Å². The van der Waals surface area contributed by atoms with Gasteiger partial charge in [-0.15, -0.1) is 0 Å². The summed E-state index contributed by atoms with van der Waals surface area (Å²) in [6.07, 6.45) is 2.36. The van der Waals surface area contributed by atoms with E-state index in [0.29, 0.717) is 23.1 Å². The molecule has 1 aliphatic rings. The van der Waals surface area contributed by atoms with Gasteiger partial charge in [0.25, 0.3) is 0 Å². The molecule has 1 atom stereocenters. The summed E-state index contributed by atoms with van der Waals surface area (Å²) in [7, 11) is 0. The van der Waals surface area contributed by atoms with Crippen molar-refractivity contribution in [2.45, 2.75) is 18.9 Å². The van der Waals surface area contributed by atoms with Gasteiger partial charge in [0, 0.05) is 6.61 Å². The molecule has 82 valence electrons. The molecule has 0 saturated carbocycles. The molecule has 0 aromatic heterocycles. The van der Waals surface area contributed by atoms with Crippen molar-refractivity contribution < 1.29 is 9.47 Å². The predicted octanol–water partition coefficient (Wildman–Crippen LogP) is 2.48. The van der Waals surface area contributed by atoms with Gasteiger partial charge in [0.1, 0.15) is 12.4 Å². The normalized spacial score (nSPS) is 20.5. The molecule has 1 fully saturated rings. The fourth-order valence-corrected chi connectivity index (χ4v) is 1.77. The van der Waals surface area contributed by atoms with Gasteiger partial charge in [-0.05, 0) is 25.0 Å². The van der Waals surface area contributed by atoms with Crippen LogP contribution >= 0.6 is 11.6 Å². The molecule has 4 heteroatoms. The van der Waals surface area contributed by atoms with Gasteiger partial charge >= 0.3 is 0 Å². The number of benzene rings is 1. The minimum Gasteiger partial charge on any atom is -0.489 e. The average molecular weight is 228 g/mol. The fourth-order valence-electron chi connectivity index (χ4n) is 1.60. The summed E-state index contributed by atoms with van der Waals surface area (Å²) >= 11 is 5.87. The van der Waals surface area contributed by atoms with Gasteiger partial charge in [0.2, 0.25) is 0 Å². The zero-order chi connectivity index (χ0) is 10.7. The van der Waals surface area contributed by atoms with Gasteiger partial charge in [-0.1, -0.05) is 17.7 Å². The Morgan fingerprint density at radius 3 is 3.13 bits per heavy atom. The molecule has 1 heterocycles. The highest BCUT2D eigenvalue weighted by molar-refractivity contribution is 6.33. The first-order chi connectivity index (χ1) is 7.27. The number of anilines is 1. The van der Waals surface area contributed by atoms with Crippen LogP contribution in [0.3, 0.4) is 0 Å². The molecule has 0 spiro atoms. The van der Waals surface area contributed by atoms with Crippen molar-refractivity contribution in [1.82, 2.24) is 0 Å². The van der Waals surface area contributed by atoms with Crippen LogP contribution in [0.5, 0.6) is 5.75 Å². The minimum atomic E-state index is 0.198. The second-order valence-corrected chi connectivity index (χ2v) is 4.00. The molecule has 0 radical (unpaired) electrons. The lowest BCUT2D eigenvalue weighted by Gasteiger charge is -2.13. The summed E-state index contributed by atoms with van der Waals surface area (Å²) in [6.45, 7) is 1.38. The molecule has 0 amide bonds. The summed E-state index contributed by atoms with van der Waals surface area (Å²) < 4.78 is 11.0. The molecule has 2 N–H and O–H groups in total. The van der Waals surface area contributed by atoms with E-state index < -0.39 is 0 Å². The number of halogens is 1. The van der Waals surface area contributed by atoms with Gasteiger partial charge in [0.05, 0.1) is 16.8 Å². The maximum Gasteiger partial charge on any atom is 0.143 e. The van der Waals surface area contributed by atoms with Crippen LogP contribution in [0.15, 0.2) is 18.2 Å². The average Bonchev–Trinajstić information content (AvgIpc) is 2.73. The molecule has 1 aromatic carbocycles. The summed E-state index contributed by atoms with van der Waals surface area (Å²) in [5, 5.41) is 0.528. The Morgan fingerprint density at radius 2 is 2.40 bits per heavy atom. The third kappa shape index (κ3) is 2.55. The third-order valence-corrected chi connectivity index (χ3v) is 2.79. The Balaban J connectivity index is 1.95. The van der Waals surface area contributed by atoms with E-state index in [1.165, 1.54) is 0 Å². The molecular formula is C11H14ClNO2. The molecule has 2 rings (SSSR count). The Labute approximate surface area is 94.1 Å². The largest absolute Gasteiger partial charge is 0.489 e. The van der Waals surface area contributed by atoms with Crippen LogP contribution in [0, 0.1) is 0 Å². The van der Waals surface area contributed by atoms with E-state index in [1.807, 2.05) is 12.1 Å². The fraction of sp³-hybridized carbons (Fsp3) is 0.455. The van der Waals surface area contributed by atoms with Crippen molar-refractivity contribution in [2.75, 3.05) is 18.9 Å². The number of ether oxygens (including phenoxy) is 2. The number of para-hydroxylation sites is 1. The van der Waals surface area contributed by atoms with Crippen LogP contribution in [0.4, 0.5) is 5.69 Å². The number of nitrogen functional groups attached to an aromatic ring is 1. The van der Waals surface area contributed by atoms with Crippen LogP contribution in [0.2, 0.25) is 5.02 Å². The smallest absolute Gasteiger partial charge is 0.143 e. The SMILES string of the molecule is Nc1c(Cl)cccc1OCC1CCCO1. The van der Waals surface area contributed by atoms with E-state index in [2.05, 4.69) is 0 Å². The van der Waals surface area contributed by atoms with Crippen LogP contribution in [0.25, 0.3) is 0 Å². The quantitative estimate of drug-likeness (QED) is 0.807. The standard InChI is InChI=1S/C11H14ClNO2/c12-9-4-1-5-10(11(9)13)15-7-8-3-2-6-14-8/h1,4-5,8H,2-3,6-7,13H2. The van der Waals surface area contributed by atoms with Gasteiger partial charge in [-0.2, -0.15) is 0 Å². The monoisotopic (exact) mass is 227 g/mol. The number of rotatable bonds is 3. The van der Waals surface area contributed by atoms with Crippen molar-refractivity contribution >= 4 is 17.3 Å². The van der Waals surface area contributed by atoms with Gasteiger partial charge in [0.15, 0.2) is 0 Å². The highest BCUT2D eigenvalue weighted by Crippen LogP contribution is 2.29. The van der Waals surface area contributed by atoms with Crippen molar-refractivity contribution in [3.05, 3.63) is 23.2 Å². The van der Waals surface area contributed by atoms with Crippen molar-refractivity contribution in [3.63, 3.8) is 0 Å². The van der Waals surface area contributed by atoms with E-state index in [1.54, 1.807) is 6.07 Å². The first-order valence-electron chi connectivity index (χ1n) is 5.06. The summed E-state index contributed by atoms with van der Waals surface area (Å²) in [5.41, 5.74) is 6.27. The van der Waals surface area contributed by atoms with Gasteiger partial charge in [-0.25, -0.2) is 0 Å². The number of nitrogens with two attached hydrogens (primary N) is 1. The molecule has 3 nitrogen and oxygen atoms in total. The minimum absolute atomic E-state index is 0.198. The van der Waals surface area contributed by atoms with Crippen molar-refractivity contribution in [3.8, 4) is 5.75 Å². The van der Waals surface area contributed by atoms with Crippen LogP contribution in [-0.4, -0.2) is 19.3 Å². The van der Waals surface area contributed by atoms with Crippen LogP contribution in [-0.2, 0) is 4.74 Å². The van der Waals surface area contributed by atoms with E-state index >= 15 is 0 Å². The molecule has 1 unspecified atom stereocenters. The summed E-state index contributed by atoms with van der Waals surface area (Å²) in [5.74, 6) is 0.637. The highest BCUT2D eigenvalue weighted by Gasteiger charge is 2.16. The van der Waals surface area contributed by atoms with Crippen molar-refractivity contribution in [1.29, 1.82) is 0 Å². The molecular weight excluding hydrogens is 214 g/mol. The van der Waals surface area contributed by atoms with Crippen LogP contribution in [0.1, 0.15) is 12.8 Å². The van der Waals surface area contributed by atoms with E-state index in [-0.39, 0.29) is 6.10 Å². The van der Waals surface area contributed by atoms with Crippen LogP contribution < -0.4 is 10.5 Å². The molecule has 15 heavy (non-hydrogen) atoms. The first-order valence-corrected chi connectivity index (χ1v) is 5.43. The topological polar surface area (TPSA) is 44.5 Å². The Morgan fingerprint density at radius 1 is 1.53 bits per heavy atom. The Kier molecular flexibility index (Phi) is 3.34. The number of hydrogen-bond acceptors (Lipinski definition) is 3. The first kappa shape index (κ1) is 10.6. The molecule has 1 saturated heterocycles. The molecule has 1 aliphatic heterocycles. The molecule has 1 aromatic rings. The van der Waals surface area contributed by atoms with Gasteiger partial charge < -0.3 is 15.2 Å². The second kappa shape index (κ2) is 4.73. The lowest BCUT2D eigenvalue weighted by molar-refractivity contribution is 0.0682. The second-order valence-electron chi connectivity index (χ2n) is 3.60. The van der Waals surface area contributed by atoms with Crippen molar-refractivity contribution in [2.24, 2.45) is 0 Å². The Hall–Kier alpha value is -0.930. The lowest BCUT2D eigenvalue weighted by Crippen LogP contribution is -2.16. The summed E-state index contributed by atoms with van der Waals surface area (Å²) in [4.78, 5) is 0. The zero-order valence-corrected chi connectivity index (χ0v) is 9.17. The van der Waals surface area contributed by atoms with E-state index in [9.17, 15) is 0 Å². The predicted molar refractivity (Wildman–Crippen MR) is 60.3 cm³/mol. The maximum atomic E-state index is 5.87. The molecule has 0 bridgehead atoms. The summed E-state index contributed by atoms with van der Waals surface area (Å²) in [6, 6.07) is 5.38. The highest BCUT2D eigenvalue weighted by atomic mass is 35.5. The van der Waals surface area contributed by atoms with E-state index in [4.69, 9.17) is 26.8 Å². The third-order valence-electron chi connectivity index (χ3n) is 2.46. The Bertz CT molecular complexity index is 337. The van der Waals surface area contributed by atoms with Gasteiger partial charge in [-0.3, -0.25) is 0 Å². The lowest BCUT2D eigenvalue weighted by atomic mass is 10.2. The maximum absolute atomic E-state index is 5.87.